The number of urea groups is 1. The van der Waals surface area contributed by atoms with Gasteiger partial charge < -0.3 is 5.73 Å². The molecule has 23 heavy (non-hydrogen) atoms. The van der Waals surface area contributed by atoms with E-state index in [0.717, 1.165) is 12.8 Å². The van der Waals surface area contributed by atoms with E-state index in [1.54, 1.807) is 6.07 Å². The molecule has 1 aromatic rings. The zero-order valence-corrected chi connectivity index (χ0v) is 14.1. The van der Waals surface area contributed by atoms with Gasteiger partial charge >= 0.3 is 6.03 Å². The minimum atomic E-state index is -0.605. The molecule has 0 radical (unpaired) electrons. The van der Waals surface area contributed by atoms with Crippen molar-refractivity contribution in [3.63, 3.8) is 0 Å². The van der Waals surface area contributed by atoms with Gasteiger partial charge in [-0.3, -0.25) is 10.1 Å². The van der Waals surface area contributed by atoms with Crippen LogP contribution in [0.25, 0.3) is 0 Å². The lowest BCUT2D eigenvalue weighted by molar-refractivity contribution is -0.142. The number of nitrogens with two attached hydrogens (primary N) is 1. The molecule has 0 aliphatic carbocycles. The number of hydrazine groups is 1. The summed E-state index contributed by atoms with van der Waals surface area (Å²) in [5.41, 5.74) is 5.99. The van der Waals surface area contributed by atoms with Gasteiger partial charge in [0.05, 0.1) is 6.04 Å². The summed E-state index contributed by atoms with van der Waals surface area (Å²) in [4.78, 5) is 32.6. The van der Waals surface area contributed by atoms with E-state index >= 15 is 0 Å². The maximum atomic E-state index is 12.5. The van der Waals surface area contributed by atoms with Crippen LogP contribution in [0.2, 0.25) is 0 Å². The first-order chi connectivity index (χ1) is 10.5. The number of hydrogen-bond donors (Lipinski definition) is 2. The van der Waals surface area contributed by atoms with Crippen molar-refractivity contribution in [2.24, 2.45) is 11.7 Å². The third-order valence-electron chi connectivity index (χ3n) is 3.85. The van der Waals surface area contributed by atoms with E-state index in [4.69, 9.17) is 5.73 Å². The summed E-state index contributed by atoms with van der Waals surface area (Å²) in [5, 5.41) is 5.38. The van der Waals surface area contributed by atoms with E-state index in [1.807, 2.05) is 13.8 Å². The Morgan fingerprint density at radius 2 is 1.91 bits per heavy atom. The van der Waals surface area contributed by atoms with Crippen molar-refractivity contribution >= 4 is 30.3 Å². The van der Waals surface area contributed by atoms with Gasteiger partial charge in [0.15, 0.2) is 0 Å². The summed E-state index contributed by atoms with van der Waals surface area (Å²) in [6, 6.07) is 0.631. The van der Waals surface area contributed by atoms with Crippen LogP contribution in [0.5, 0.6) is 0 Å². The number of hydrogen-bond acceptors (Lipinski definition) is 5. The van der Waals surface area contributed by atoms with E-state index in [9.17, 15) is 9.59 Å². The molecule has 1 aromatic heterocycles. The summed E-state index contributed by atoms with van der Waals surface area (Å²) in [7, 11) is 0. The quantitative estimate of drug-likeness (QED) is 0.857. The zero-order valence-electron chi connectivity index (χ0n) is 13.3. The molecular weight excluding hydrogens is 320 g/mol. The predicted molar refractivity (Wildman–Crippen MR) is 88.8 cm³/mol. The molecule has 0 spiro atoms. The first-order valence-electron chi connectivity index (χ1n) is 7.47. The summed E-state index contributed by atoms with van der Waals surface area (Å²) in [6.07, 6.45) is 4.61. The molecule has 0 saturated carbocycles. The van der Waals surface area contributed by atoms with Crippen LogP contribution in [0, 0.1) is 5.92 Å². The SMILES string of the molecule is CC[C@H](C)[C@H](N)C(=O)N1CCCN1C(=O)Nc1ncccn1.Cl. The van der Waals surface area contributed by atoms with Crippen LogP contribution in [0.3, 0.4) is 0 Å². The molecule has 128 valence electrons. The minimum absolute atomic E-state index is 0. The summed E-state index contributed by atoms with van der Waals surface area (Å²) in [5.74, 6) is 0.0458. The minimum Gasteiger partial charge on any atom is -0.320 e. The third-order valence-corrected chi connectivity index (χ3v) is 3.85. The second-order valence-corrected chi connectivity index (χ2v) is 5.35. The average molecular weight is 343 g/mol. The molecule has 0 aromatic carbocycles. The molecule has 2 heterocycles. The van der Waals surface area contributed by atoms with Crippen LogP contribution in [0.4, 0.5) is 10.7 Å². The van der Waals surface area contributed by atoms with Crippen LogP contribution in [0.15, 0.2) is 18.5 Å². The van der Waals surface area contributed by atoms with Crippen molar-refractivity contribution in [3.05, 3.63) is 18.5 Å². The average Bonchev–Trinajstić information content (AvgIpc) is 3.03. The number of carbonyl (C=O) groups excluding carboxylic acids is 2. The van der Waals surface area contributed by atoms with Crippen molar-refractivity contribution in [1.82, 2.24) is 20.0 Å². The molecule has 9 heteroatoms. The highest BCUT2D eigenvalue weighted by Gasteiger charge is 2.35. The van der Waals surface area contributed by atoms with Gasteiger partial charge in [-0.1, -0.05) is 20.3 Å². The zero-order chi connectivity index (χ0) is 16.1. The number of aromatic nitrogens is 2. The Labute approximate surface area is 141 Å². The Bertz CT molecular complexity index is 529. The highest BCUT2D eigenvalue weighted by Crippen LogP contribution is 2.16. The van der Waals surface area contributed by atoms with Crippen LogP contribution in [-0.4, -0.2) is 51.1 Å². The maximum Gasteiger partial charge on any atom is 0.343 e. The van der Waals surface area contributed by atoms with Gasteiger partial charge in [0.1, 0.15) is 0 Å². The Hall–Kier alpha value is -1.93. The fourth-order valence-electron chi connectivity index (χ4n) is 2.25. The largest absolute Gasteiger partial charge is 0.343 e. The van der Waals surface area contributed by atoms with Gasteiger partial charge in [-0.25, -0.2) is 24.8 Å². The van der Waals surface area contributed by atoms with Gasteiger partial charge in [0.25, 0.3) is 5.91 Å². The molecule has 3 N–H and O–H groups in total. The van der Waals surface area contributed by atoms with Crippen molar-refractivity contribution in [2.45, 2.75) is 32.7 Å². The number of rotatable bonds is 4. The first kappa shape index (κ1) is 19.1. The van der Waals surface area contributed by atoms with Gasteiger partial charge in [-0.05, 0) is 18.4 Å². The Balaban J connectivity index is 0.00000264. The summed E-state index contributed by atoms with van der Waals surface area (Å²) in [6.45, 7) is 4.88. The highest BCUT2D eigenvalue weighted by molar-refractivity contribution is 5.91. The number of amides is 3. The summed E-state index contributed by atoms with van der Waals surface area (Å²) >= 11 is 0. The van der Waals surface area contributed by atoms with E-state index in [-0.39, 0.29) is 30.2 Å². The number of nitrogens with zero attached hydrogens (tertiary/aromatic N) is 4. The third kappa shape index (κ3) is 4.52. The highest BCUT2D eigenvalue weighted by atomic mass is 35.5. The molecule has 2 rings (SSSR count). The molecule has 0 unspecified atom stereocenters. The van der Waals surface area contributed by atoms with Crippen molar-refractivity contribution < 1.29 is 9.59 Å². The molecule has 8 nitrogen and oxygen atoms in total. The van der Waals surface area contributed by atoms with E-state index in [2.05, 4.69) is 15.3 Å². The van der Waals surface area contributed by atoms with Gasteiger partial charge in [-0.15, -0.1) is 12.4 Å². The molecule has 1 aliphatic heterocycles. The maximum absolute atomic E-state index is 12.5. The van der Waals surface area contributed by atoms with Gasteiger partial charge in [-0.2, -0.15) is 0 Å². The molecule has 1 aliphatic rings. The molecule has 3 amide bonds. The number of anilines is 1. The smallest absolute Gasteiger partial charge is 0.320 e. The number of carbonyl (C=O) groups is 2. The topological polar surface area (TPSA) is 104 Å². The monoisotopic (exact) mass is 342 g/mol. The van der Waals surface area contributed by atoms with Crippen molar-refractivity contribution in [3.8, 4) is 0 Å². The fraction of sp³-hybridized carbons (Fsp3) is 0.571. The van der Waals surface area contributed by atoms with Crippen molar-refractivity contribution in [1.29, 1.82) is 0 Å². The molecular formula is C14H23ClN6O2. The lowest BCUT2D eigenvalue weighted by Gasteiger charge is -2.31. The standard InChI is InChI=1S/C14H22N6O2.ClH/c1-3-10(2)11(15)12(21)19-8-5-9-20(19)14(22)18-13-16-6-4-7-17-13;/h4,6-7,10-11H,3,5,8-9,15H2,1-2H3,(H,16,17,18,22);1H/t10-,11-;/m0./s1. The van der Waals surface area contributed by atoms with Crippen molar-refractivity contribution in [2.75, 3.05) is 18.4 Å². The molecule has 1 saturated heterocycles. The van der Waals surface area contributed by atoms with Crippen LogP contribution in [0.1, 0.15) is 26.7 Å². The molecule has 2 atom stereocenters. The fourth-order valence-corrected chi connectivity index (χ4v) is 2.25. The number of halogens is 1. The second-order valence-electron chi connectivity index (χ2n) is 5.35. The lowest BCUT2D eigenvalue weighted by Crippen LogP contribution is -2.53. The lowest BCUT2D eigenvalue weighted by atomic mass is 9.99. The van der Waals surface area contributed by atoms with E-state index in [0.29, 0.717) is 13.1 Å². The Morgan fingerprint density at radius 1 is 1.30 bits per heavy atom. The number of nitrogens with one attached hydrogen (secondary N) is 1. The van der Waals surface area contributed by atoms with E-state index in [1.165, 1.54) is 22.4 Å². The van der Waals surface area contributed by atoms with E-state index < -0.39 is 12.1 Å². The molecule has 0 bridgehead atoms. The molecule has 1 fully saturated rings. The van der Waals surface area contributed by atoms with Gasteiger partial charge in [0.2, 0.25) is 5.95 Å². The van der Waals surface area contributed by atoms with Crippen LogP contribution in [-0.2, 0) is 4.79 Å². The summed E-state index contributed by atoms with van der Waals surface area (Å²) < 4.78 is 0. The van der Waals surface area contributed by atoms with Crippen LogP contribution < -0.4 is 11.1 Å². The van der Waals surface area contributed by atoms with Crippen LogP contribution >= 0.6 is 12.4 Å². The normalized spacial score (nSPS) is 16.5. The Kier molecular flexibility index (Phi) is 7.18. The Morgan fingerprint density at radius 3 is 2.52 bits per heavy atom. The second kappa shape index (κ2) is 8.64. The first-order valence-corrected chi connectivity index (χ1v) is 7.47. The van der Waals surface area contributed by atoms with Gasteiger partial charge in [0, 0.05) is 25.5 Å². The predicted octanol–water partition coefficient (Wildman–Crippen LogP) is 1.25.